The molecule has 1 amide bonds. The molecule has 1 saturated heterocycles. The van der Waals surface area contributed by atoms with E-state index in [0.29, 0.717) is 25.4 Å². The Morgan fingerprint density at radius 3 is 2.61 bits per heavy atom. The van der Waals surface area contributed by atoms with Crippen LogP contribution in [0.25, 0.3) is 0 Å². The second-order valence-corrected chi connectivity index (χ2v) is 6.57. The van der Waals surface area contributed by atoms with Crippen molar-refractivity contribution in [3.8, 4) is 0 Å². The first-order valence-corrected chi connectivity index (χ1v) is 9.15. The van der Waals surface area contributed by atoms with Crippen LogP contribution in [0.5, 0.6) is 0 Å². The van der Waals surface area contributed by atoms with Crippen molar-refractivity contribution in [2.75, 3.05) is 49.2 Å². The summed E-state index contributed by atoms with van der Waals surface area (Å²) in [7, 11) is 0. The van der Waals surface area contributed by atoms with E-state index in [-0.39, 0.29) is 17.6 Å². The maximum absolute atomic E-state index is 12.1. The van der Waals surface area contributed by atoms with Crippen molar-refractivity contribution in [3.05, 3.63) is 29.3 Å². The Morgan fingerprint density at radius 2 is 1.96 bits per heavy atom. The summed E-state index contributed by atoms with van der Waals surface area (Å²) in [5.74, 6) is 0.346. The first-order chi connectivity index (χ1) is 11.1. The summed E-state index contributed by atoms with van der Waals surface area (Å²) in [6, 6.07) is 7.75. The van der Waals surface area contributed by atoms with Gasteiger partial charge in [-0.05, 0) is 25.1 Å². The molecule has 7 heteroatoms. The zero-order valence-corrected chi connectivity index (χ0v) is 14.7. The van der Waals surface area contributed by atoms with Crippen molar-refractivity contribution in [2.45, 2.75) is 6.92 Å². The maximum Gasteiger partial charge on any atom is 0.315 e. The monoisotopic (exact) mass is 356 g/mol. The van der Waals surface area contributed by atoms with Gasteiger partial charge in [-0.15, -0.1) is 11.8 Å². The predicted octanol–water partition coefficient (Wildman–Crippen LogP) is 2.28. The molecule has 2 rings (SSSR count). The fourth-order valence-electron chi connectivity index (χ4n) is 2.40. The molecule has 1 aromatic carbocycles. The van der Waals surface area contributed by atoms with Gasteiger partial charge in [0.25, 0.3) is 0 Å². The van der Waals surface area contributed by atoms with Crippen molar-refractivity contribution in [2.24, 2.45) is 0 Å². The number of hydrogen-bond donors (Lipinski definition) is 0. The third kappa shape index (κ3) is 5.62. The number of halogens is 1. The molecule has 0 aromatic heterocycles. The van der Waals surface area contributed by atoms with Crippen molar-refractivity contribution >= 4 is 40.9 Å². The molecule has 0 unspecified atom stereocenters. The molecule has 126 valence electrons. The molecule has 0 atom stereocenters. The number of hydrogen-bond acceptors (Lipinski definition) is 5. The highest BCUT2D eigenvalue weighted by Crippen LogP contribution is 2.21. The van der Waals surface area contributed by atoms with E-state index in [1.54, 1.807) is 6.92 Å². The summed E-state index contributed by atoms with van der Waals surface area (Å²) in [4.78, 5) is 27.5. The highest BCUT2D eigenvalue weighted by Gasteiger charge is 2.21. The van der Waals surface area contributed by atoms with Gasteiger partial charge in [-0.25, -0.2) is 0 Å². The number of nitrogens with zero attached hydrogens (tertiary/aromatic N) is 2. The molecule has 1 aliphatic rings. The number of thioether (sulfide) groups is 1. The molecule has 1 heterocycles. The molecular formula is C16H21ClN2O3S. The number of benzene rings is 1. The Balaban J connectivity index is 1.73. The topological polar surface area (TPSA) is 49.9 Å². The molecule has 1 aromatic rings. The predicted molar refractivity (Wildman–Crippen MR) is 94.2 cm³/mol. The molecule has 23 heavy (non-hydrogen) atoms. The molecule has 1 aliphatic heterocycles. The van der Waals surface area contributed by atoms with Crippen molar-refractivity contribution in [3.63, 3.8) is 0 Å². The van der Waals surface area contributed by atoms with Crippen LogP contribution in [-0.4, -0.2) is 61.1 Å². The van der Waals surface area contributed by atoms with Crippen LogP contribution in [0, 0.1) is 0 Å². The van der Waals surface area contributed by atoms with E-state index in [4.69, 9.17) is 16.3 Å². The van der Waals surface area contributed by atoms with Gasteiger partial charge < -0.3 is 14.5 Å². The van der Waals surface area contributed by atoms with E-state index in [9.17, 15) is 9.59 Å². The first-order valence-electron chi connectivity index (χ1n) is 7.62. The number of piperazine rings is 1. The SMILES string of the molecule is CCOC(=O)CSCC(=O)N1CCN(c2cccc(Cl)c2)CC1. The Hall–Kier alpha value is -1.40. The first kappa shape index (κ1) is 17.9. The van der Waals surface area contributed by atoms with Gasteiger partial charge in [0, 0.05) is 36.9 Å². The summed E-state index contributed by atoms with van der Waals surface area (Å²) in [5.41, 5.74) is 1.08. The zero-order chi connectivity index (χ0) is 16.7. The van der Waals surface area contributed by atoms with Gasteiger partial charge in [-0.1, -0.05) is 17.7 Å². The Morgan fingerprint density at radius 1 is 1.22 bits per heavy atom. The van der Waals surface area contributed by atoms with Crippen LogP contribution in [0.2, 0.25) is 5.02 Å². The van der Waals surface area contributed by atoms with Crippen LogP contribution >= 0.6 is 23.4 Å². The van der Waals surface area contributed by atoms with E-state index in [1.165, 1.54) is 11.8 Å². The highest BCUT2D eigenvalue weighted by molar-refractivity contribution is 8.00. The van der Waals surface area contributed by atoms with Gasteiger partial charge in [-0.3, -0.25) is 9.59 Å². The number of rotatable bonds is 6. The number of ether oxygens (including phenoxy) is 1. The molecule has 0 aliphatic carbocycles. The Labute approximate surface area is 145 Å². The minimum absolute atomic E-state index is 0.0741. The minimum atomic E-state index is -0.268. The highest BCUT2D eigenvalue weighted by atomic mass is 35.5. The quantitative estimate of drug-likeness (QED) is 0.732. The van der Waals surface area contributed by atoms with Gasteiger partial charge in [0.1, 0.15) is 0 Å². The number of esters is 1. The lowest BCUT2D eigenvalue weighted by atomic mass is 10.2. The fourth-order valence-corrected chi connectivity index (χ4v) is 3.30. The standard InChI is InChI=1S/C16H21ClN2O3S/c1-2-22-16(21)12-23-11-15(20)19-8-6-18(7-9-19)14-5-3-4-13(17)10-14/h3-5,10H,2,6-9,11-12H2,1H3. The molecule has 0 spiro atoms. The lowest BCUT2D eigenvalue weighted by Crippen LogP contribution is -2.49. The van der Waals surface area contributed by atoms with Gasteiger partial charge in [0.05, 0.1) is 18.1 Å². The second-order valence-electron chi connectivity index (χ2n) is 5.15. The second kappa shape index (κ2) is 9.03. The van der Waals surface area contributed by atoms with Gasteiger partial charge in [0.15, 0.2) is 0 Å². The lowest BCUT2D eigenvalue weighted by Gasteiger charge is -2.36. The number of carbonyl (C=O) groups excluding carboxylic acids is 2. The summed E-state index contributed by atoms with van der Waals surface area (Å²) in [6.07, 6.45) is 0. The van der Waals surface area contributed by atoms with Crippen molar-refractivity contribution < 1.29 is 14.3 Å². The van der Waals surface area contributed by atoms with E-state index in [1.807, 2.05) is 29.2 Å². The molecule has 5 nitrogen and oxygen atoms in total. The van der Waals surface area contributed by atoms with Crippen LogP contribution in [-0.2, 0) is 14.3 Å². The Kier molecular flexibility index (Phi) is 7.05. The summed E-state index contributed by atoms with van der Waals surface area (Å²) in [5, 5.41) is 0.719. The fraction of sp³-hybridized carbons (Fsp3) is 0.500. The largest absolute Gasteiger partial charge is 0.465 e. The molecule has 0 N–H and O–H groups in total. The van der Waals surface area contributed by atoms with Crippen LogP contribution < -0.4 is 4.90 Å². The number of anilines is 1. The number of carbonyl (C=O) groups is 2. The third-order valence-electron chi connectivity index (χ3n) is 3.56. The Bertz CT molecular complexity index is 548. The van der Waals surface area contributed by atoms with Crippen LogP contribution in [0.4, 0.5) is 5.69 Å². The summed E-state index contributed by atoms with van der Waals surface area (Å²) < 4.78 is 4.84. The van der Waals surface area contributed by atoms with Crippen molar-refractivity contribution in [1.29, 1.82) is 0 Å². The van der Waals surface area contributed by atoms with Crippen LogP contribution in [0.15, 0.2) is 24.3 Å². The van der Waals surface area contributed by atoms with Crippen LogP contribution in [0.1, 0.15) is 6.92 Å². The number of amides is 1. The molecule has 1 fully saturated rings. The van der Waals surface area contributed by atoms with Crippen LogP contribution in [0.3, 0.4) is 0 Å². The molecule has 0 saturated carbocycles. The summed E-state index contributed by atoms with van der Waals surface area (Å²) in [6.45, 7) is 5.09. The van der Waals surface area contributed by atoms with E-state index in [2.05, 4.69) is 4.90 Å². The van der Waals surface area contributed by atoms with Gasteiger partial charge in [-0.2, -0.15) is 0 Å². The van der Waals surface area contributed by atoms with Crippen molar-refractivity contribution in [1.82, 2.24) is 4.90 Å². The third-order valence-corrected chi connectivity index (χ3v) is 4.68. The molecule has 0 bridgehead atoms. The lowest BCUT2D eigenvalue weighted by molar-refractivity contribution is -0.139. The normalized spacial score (nSPS) is 14.7. The maximum atomic E-state index is 12.1. The smallest absolute Gasteiger partial charge is 0.315 e. The van der Waals surface area contributed by atoms with E-state index >= 15 is 0 Å². The zero-order valence-electron chi connectivity index (χ0n) is 13.2. The van der Waals surface area contributed by atoms with Gasteiger partial charge >= 0.3 is 5.97 Å². The minimum Gasteiger partial charge on any atom is -0.465 e. The molecular weight excluding hydrogens is 336 g/mol. The summed E-state index contributed by atoms with van der Waals surface area (Å²) >= 11 is 7.32. The van der Waals surface area contributed by atoms with E-state index in [0.717, 1.165) is 23.8 Å². The van der Waals surface area contributed by atoms with Gasteiger partial charge in [0.2, 0.25) is 5.91 Å². The average molecular weight is 357 g/mol. The van der Waals surface area contributed by atoms with E-state index < -0.39 is 0 Å². The molecule has 0 radical (unpaired) electrons. The average Bonchev–Trinajstić information content (AvgIpc) is 2.55.